The Bertz CT molecular complexity index is 363. The highest BCUT2D eigenvalue weighted by Crippen LogP contribution is 2.09. The molecule has 0 aromatic heterocycles. The summed E-state index contributed by atoms with van der Waals surface area (Å²) in [6, 6.07) is 5.16. The van der Waals surface area contributed by atoms with Crippen molar-refractivity contribution in [3.63, 3.8) is 0 Å². The molecule has 0 saturated heterocycles. The molecule has 0 aliphatic heterocycles. The molecular weight excluding hydrogens is 205 g/mol. The Morgan fingerprint density at radius 3 is 2.75 bits per heavy atom. The second-order valence-electron chi connectivity index (χ2n) is 4.04. The van der Waals surface area contributed by atoms with Crippen LogP contribution in [-0.4, -0.2) is 18.9 Å². The lowest BCUT2D eigenvalue weighted by atomic mass is 10.1. The highest BCUT2D eigenvalue weighted by atomic mass is 19.1. The van der Waals surface area contributed by atoms with Gasteiger partial charge in [0.15, 0.2) is 0 Å². The molecule has 0 fully saturated rings. The van der Waals surface area contributed by atoms with Gasteiger partial charge in [-0.1, -0.05) is 12.1 Å². The van der Waals surface area contributed by atoms with E-state index in [4.69, 9.17) is 0 Å². The fourth-order valence-electron chi connectivity index (χ4n) is 1.48. The van der Waals surface area contributed by atoms with E-state index in [1.54, 1.807) is 19.9 Å². The fraction of sp³-hybridized carbons (Fsp3) is 0.462. The number of halogens is 1. The SMILES string of the molecule is CC(=O)CCNCCc1ccc(F)c(C)c1. The molecule has 0 heterocycles. The molecule has 2 nitrogen and oxygen atoms in total. The Labute approximate surface area is 95.9 Å². The van der Waals surface area contributed by atoms with Crippen molar-refractivity contribution in [2.24, 2.45) is 0 Å². The number of hydrogen-bond acceptors (Lipinski definition) is 2. The van der Waals surface area contributed by atoms with Crippen LogP contribution in [0.15, 0.2) is 18.2 Å². The van der Waals surface area contributed by atoms with Crippen LogP contribution in [0.5, 0.6) is 0 Å². The average molecular weight is 223 g/mol. The minimum atomic E-state index is -0.159. The Balaban J connectivity index is 2.27. The topological polar surface area (TPSA) is 29.1 Å². The van der Waals surface area contributed by atoms with Crippen LogP contribution in [0.2, 0.25) is 0 Å². The van der Waals surface area contributed by atoms with Crippen LogP contribution < -0.4 is 5.32 Å². The first-order valence-electron chi connectivity index (χ1n) is 5.55. The summed E-state index contributed by atoms with van der Waals surface area (Å²) >= 11 is 0. The highest BCUT2D eigenvalue weighted by Gasteiger charge is 1.99. The number of carbonyl (C=O) groups excluding carboxylic acids is 1. The maximum Gasteiger partial charge on any atom is 0.131 e. The number of aryl methyl sites for hydroxylation is 1. The first-order valence-corrected chi connectivity index (χ1v) is 5.55. The maximum atomic E-state index is 13.0. The van der Waals surface area contributed by atoms with Gasteiger partial charge in [-0.25, -0.2) is 4.39 Å². The lowest BCUT2D eigenvalue weighted by Gasteiger charge is -2.05. The van der Waals surface area contributed by atoms with Crippen LogP contribution in [-0.2, 0) is 11.2 Å². The van der Waals surface area contributed by atoms with E-state index < -0.39 is 0 Å². The van der Waals surface area contributed by atoms with Crippen molar-refractivity contribution in [3.8, 4) is 0 Å². The Morgan fingerprint density at radius 2 is 2.12 bits per heavy atom. The van der Waals surface area contributed by atoms with Crippen molar-refractivity contribution in [1.29, 1.82) is 0 Å². The van der Waals surface area contributed by atoms with Crippen molar-refractivity contribution in [2.75, 3.05) is 13.1 Å². The average Bonchev–Trinajstić information content (AvgIpc) is 2.22. The van der Waals surface area contributed by atoms with Crippen molar-refractivity contribution >= 4 is 5.78 Å². The van der Waals surface area contributed by atoms with E-state index in [1.165, 1.54) is 6.07 Å². The normalized spacial score (nSPS) is 10.4. The van der Waals surface area contributed by atoms with Gasteiger partial charge in [0, 0.05) is 13.0 Å². The third kappa shape index (κ3) is 4.53. The molecule has 0 saturated carbocycles. The zero-order valence-corrected chi connectivity index (χ0v) is 9.85. The zero-order chi connectivity index (χ0) is 12.0. The molecule has 0 atom stereocenters. The van der Waals surface area contributed by atoms with Gasteiger partial charge in [0.05, 0.1) is 0 Å². The van der Waals surface area contributed by atoms with Crippen molar-refractivity contribution in [2.45, 2.75) is 26.7 Å². The number of rotatable bonds is 6. The summed E-state index contributed by atoms with van der Waals surface area (Å²) < 4.78 is 13.0. The number of benzene rings is 1. The number of nitrogens with one attached hydrogen (secondary N) is 1. The van der Waals surface area contributed by atoms with Gasteiger partial charge in [-0.3, -0.25) is 4.79 Å². The fourth-order valence-corrected chi connectivity index (χ4v) is 1.48. The number of ketones is 1. The smallest absolute Gasteiger partial charge is 0.131 e. The molecule has 0 radical (unpaired) electrons. The van der Waals surface area contributed by atoms with Gasteiger partial charge in [0.2, 0.25) is 0 Å². The number of hydrogen-bond donors (Lipinski definition) is 1. The quantitative estimate of drug-likeness (QED) is 0.749. The molecule has 1 aromatic rings. The highest BCUT2D eigenvalue weighted by molar-refractivity contribution is 5.75. The molecule has 0 bridgehead atoms. The predicted octanol–water partition coefficient (Wildman–Crippen LogP) is 2.25. The number of carbonyl (C=O) groups is 1. The summed E-state index contributed by atoms with van der Waals surface area (Å²) in [5.41, 5.74) is 1.80. The van der Waals surface area contributed by atoms with Crippen molar-refractivity contribution in [3.05, 3.63) is 35.1 Å². The lowest BCUT2D eigenvalue weighted by molar-refractivity contribution is -0.116. The van der Waals surface area contributed by atoms with Crippen LogP contribution in [0.1, 0.15) is 24.5 Å². The number of Topliss-reactive ketones (excluding diaryl/α,β-unsaturated/α-hetero) is 1. The summed E-state index contributed by atoms with van der Waals surface area (Å²) in [6.07, 6.45) is 1.43. The summed E-state index contributed by atoms with van der Waals surface area (Å²) in [5.74, 6) is 0.0402. The van der Waals surface area contributed by atoms with Crippen LogP contribution in [0.4, 0.5) is 4.39 Å². The van der Waals surface area contributed by atoms with Gasteiger partial charge in [-0.05, 0) is 44.0 Å². The minimum Gasteiger partial charge on any atom is -0.316 e. The Kier molecular flexibility index (Phi) is 5.12. The molecule has 1 N–H and O–H groups in total. The molecule has 1 aromatic carbocycles. The summed E-state index contributed by atoms with van der Waals surface area (Å²) in [7, 11) is 0. The second-order valence-corrected chi connectivity index (χ2v) is 4.04. The Hall–Kier alpha value is -1.22. The third-order valence-corrected chi connectivity index (χ3v) is 2.47. The van der Waals surface area contributed by atoms with E-state index >= 15 is 0 Å². The van der Waals surface area contributed by atoms with Gasteiger partial charge in [0.25, 0.3) is 0 Å². The molecule has 0 amide bonds. The van der Waals surface area contributed by atoms with E-state index in [0.717, 1.165) is 25.1 Å². The molecule has 1 rings (SSSR count). The van der Waals surface area contributed by atoms with Crippen molar-refractivity contribution < 1.29 is 9.18 Å². The standard InChI is InChI=1S/C13H18FNO/c1-10-9-12(3-4-13(10)14)6-8-15-7-5-11(2)16/h3-4,9,15H,5-8H2,1-2H3. The summed E-state index contributed by atoms with van der Waals surface area (Å²) in [6.45, 7) is 4.89. The molecule has 0 aliphatic carbocycles. The van der Waals surface area contributed by atoms with Gasteiger partial charge in [0.1, 0.15) is 11.6 Å². The van der Waals surface area contributed by atoms with E-state index in [-0.39, 0.29) is 11.6 Å². The van der Waals surface area contributed by atoms with E-state index in [9.17, 15) is 9.18 Å². The van der Waals surface area contributed by atoms with E-state index in [2.05, 4.69) is 5.32 Å². The van der Waals surface area contributed by atoms with Crippen LogP contribution >= 0.6 is 0 Å². The zero-order valence-electron chi connectivity index (χ0n) is 9.85. The third-order valence-electron chi connectivity index (χ3n) is 2.47. The molecule has 0 unspecified atom stereocenters. The van der Waals surface area contributed by atoms with Gasteiger partial charge >= 0.3 is 0 Å². The summed E-state index contributed by atoms with van der Waals surface area (Å²) in [5, 5.41) is 3.18. The first-order chi connectivity index (χ1) is 7.59. The molecule has 16 heavy (non-hydrogen) atoms. The maximum absolute atomic E-state index is 13.0. The molecule has 0 spiro atoms. The monoisotopic (exact) mass is 223 g/mol. The van der Waals surface area contributed by atoms with Gasteiger partial charge in [-0.15, -0.1) is 0 Å². The molecule has 0 aliphatic rings. The van der Waals surface area contributed by atoms with E-state index in [1.807, 2.05) is 6.07 Å². The van der Waals surface area contributed by atoms with Gasteiger partial charge in [-0.2, -0.15) is 0 Å². The largest absolute Gasteiger partial charge is 0.316 e. The van der Waals surface area contributed by atoms with Crippen LogP contribution in [0, 0.1) is 12.7 Å². The molecule has 3 heteroatoms. The van der Waals surface area contributed by atoms with Crippen LogP contribution in [0.25, 0.3) is 0 Å². The summed E-state index contributed by atoms with van der Waals surface area (Å²) in [4.78, 5) is 10.7. The van der Waals surface area contributed by atoms with Crippen molar-refractivity contribution in [1.82, 2.24) is 5.32 Å². The predicted molar refractivity (Wildman–Crippen MR) is 63.0 cm³/mol. The van der Waals surface area contributed by atoms with Gasteiger partial charge < -0.3 is 5.32 Å². The minimum absolute atomic E-state index is 0.159. The van der Waals surface area contributed by atoms with Crippen LogP contribution in [0.3, 0.4) is 0 Å². The lowest BCUT2D eigenvalue weighted by Crippen LogP contribution is -2.20. The first kappa shape index (κ1) is 12.8. The second kappa shape index (κ2) is 6.38. The Morgan fingerprint density at radius 1 is 1.38 bits per heavy atom. The van der Waals surface area contributed by atoms with E-state index in [0.29, 0.717) is 12.0 Å². The molecule has 88 valence electrons. The molecular formula is C13H18FNO.